The number of hydrogen-bond donors (Lipinski definition) is 1. The third kappa shape index (κ3) is 5.92. The van der Waals surface area contributed by atoms with E-state index in [0.717, 1.165) is 11.3 Å². The summed E-state index contributed by atoms with van der Waals surface area (Å²) in [7, 11) is 0. The minimum absolute atomic E-state index is 0. The molecule has 0 aliphatic carbocycles. The van der Waals surface area contributed by atoms with Gasteiger partial charge in [-0.15, -0.1) is 11.3 Å². The summed E-state index contributed by atoms with van der Waals surface area (Å²) in [6.45, 7) is 2.03. The summed E-state index contributed by atoms with van der Waals surface area (Å²) in [5.74, 6) is -0.377. The van der Waals surface area contributed by atoms with Crippen molar-refractivity contribution in [3.63, 3.8) is 0 Å². The summed E-state index contributed by atoms with van der Waals surface area (Å²) < 4.78 is 27.4. The molecule has 0 saturated heterocycles. The van der Waals surface area contributed by atoms with E-state index in [9.17, 15) is 13.6 Å². The van der Waals surface area contributed by atoms with Gasteiger partial charge < -0.3 is 9.29 Å². The molecule has 16 heavy (non-hydrogen) atoms. The predicted molar refractivity (Wildman–Crippen MR) is 60.7 cm³/mol. The molecule has 0 aliphatic rings. The van der Waals surface area contributed by atoms with E-state index in [4.69, 9.17) is 4.74 Å². The van der Waals surface area contributed by atoms with Crippen LogP contribution in [0.1, 0.15) is 12.6 Å². The Balaban J connectivity index is 0.00000225. The summed E-state index contributed by atoms with van der Waals surface area (Å²) in [5.41, 5.74) is 0.492. The molecule has 0 saturated carbocycles. The Morgan fingerprint density at radius 1 is 1.75 bits per heavy atom. The Bertz CT molecular complexity index is 371. The molecular formula is C7H9N2NaO4S2-. The van der Waals surface area contributed by atoms with Gasteiger partial charge in [-0.2, -0.15) is 0 Å². The van der Waals surface area contributed by atoms with Gasteiger partial charge in [0.05, 0.1) is 18.7 Å². The number of carbonyl (C=O) groups is 1. The number of nitrogens with one attached hydrogen (secondary N) is 1. The zero-order valence-corrected chi connectivity index (χ0v) is 12.5. The van der Waals surface area contributed by atoms with E-state index in [1.165, 1.54) is 0 Å². The zero-order chi connectivity index (χ0) is 11.3. The van der Waals surface area contributed by atoms with Crippen LogP contribution in [-0.2, 0) is 27.2 Å². The maximum atomic E-state index is 11.0. The van der Waals surface area contributed by atoms with Crippen LogP contribution in [0.15, 0.2) is 5.38 Å². The van der Waals surface area contributed by atoms with Crippen molar-refractivity contribution in [1.82, 2.24) is 4.98 Å². The van der Waals surface area contributed by atoms with Gasteiger partial charge in [-0.25, -0.2) is 4.98 Å². The number of anilines is 1. The largest absolute Gasteiger partial charge is 0.755 e. The van der Waals surface area contributed by atoms with Crippen molar-refractivity contribution in [1.29, 1.82) is 0 Å². The Morgan fingerprint density at radius 2 is 2.44 bits per heavy atom. The number of hydrogen-bond acceptors (Lipinski definition) is 6. The van der Waals surface area contributed by atoms with Crippen LogP contribution in [0.4, 0.5) is 5.13 Å². The second kappa shape index (κ2) is 8.15. The minimum atomic E-state index is -2.39. The number of carbonyl (C=O) groups excluding carboxylic acids is 1. The molecule has 0 aliphatic heterocycles. The third-order valence-electron chi connectivity index (χ3n) is 1.35. The van der Waals surface area contributed by atoms with Gasteiger partial charge in [0, 0.05) is 46.2 Å². The van der Waals surface area contributed by atoms with Crippen molar-refractivity contribution in [2.24, 2.45) is 0 Å². The maximum absolute atomic E-state index is 11.0. The average molecular weight is 272 g/mol. The maximum Gasteiger partial charge on any atom is 0.311 e. The van der Waals surface area contributed by atoms with Crippen molar-refractivity contribution in [3.8, 4) is 0 Å². The van der Waals surface area contributed by atoms with Gasteiger partial charge in [0.2, 0.25) is 0 Å². The summed E-state index contributed by atoms with van der Waals surface area (Å²) in [4.78, 5) is 14.9. The number of nitrogens with zero attached hydrogens (tertiary/aromatic N) is 1. The molecule has 9 heteroatoms. The van der Waals surface area contributed by atoms with Gasteiger partial charge in [0.1, 0.15) is 0 Å². The molecule has 1 atom stereocenters. The van der Waals surface area contributed by atoms with Crippen LogP contribution in [0.25, 0.3) is 0 Å². The predicted octanol–water partition coefficient (Wildman–Crippen LogP) is 0.0739. The first kappa shape index (κ1) is 16.0. The van der Waals surface area contributed by atoms with Crippen LogP contribution in [0, 0.1) is 0 Å². The van der Waals surface area contributed by atoms with Gasteiger partial charge in [-0.05, 0) is 6.92 Å². The van der Waals surface area contributed by atoms with Gasteiger partial charge in [-0.1, -0.05) is 0 Å². The summed E-state index contributed by atoms with van der Waals surface area (Å²) >= 11 is -1.27. The summed E-state index contributed by atoms with van der Waals surface area (Å²) in [6.07, 6.45) is 0.0531. The van der Waals surface area contributed by atoms with Crippen LogP contribution in [-0.4, -0.2) is 55.9 Å². The van der Waals surface area contributed by atoms with Crippen molar-refractivity contribution in [2.45, 2.75) is 13.3 Å². The summed E-state index contributed by atoms with van der Waals surface area (Å²) in [6, 6.07) is 0. The van der Waals surface area contributed by atoms with Crippen LogP contribution in [0.2, 0.25) is 0 Å². The molecule has 0 aromatic carbocycles. The van der Waals surface area contributed by atoms with Crippen LogP contribution >= 0.6 is 11.3 Å². The van der Waals surface area contributed by atoms with Crippen molar-refractivity contribution in [3.05, 3.63) is 11.1 Å². The number of ether oxygens (including phenoxy) is 1. The van der Waals surface area contributed by atoms with Gasteiger partial charge in [-0.3, -0.25) is 13.7 Å². The Labute approximate surface area is 122 Å². The molecule has 0 spiro atoms. The minimum Gasteiger partial charge on any atom is -0.755 e. The Hall–Kier alpha value is 0.01000. The first-order valence-corrected chi connectivity index (χ1v) is 6.03. The molecule has 1 radical (unpaired) electrons. The quantitative estimate of drug-likeness (QED) is 0.465. The van der Waals surface area contributed by atoms with Gasteiger partial charge in [0.25, 0.3) is 0 Å². The number of aromatic nitrogens is 1. The van der Waals surface area contributed by atoms with Crippen molar-refractivity contribution in [2.75, 3.05) is 11.3 Å². The fraction of sp³-hybridized carbons (Fsp3) is 0.429. The van der Waals surface area contributed by atoms with Crippen LogP contribution in [0.5, 0.6) is 0 Å². The Kier molecular flexibility index (Phi) is 8.16. The fourth-order valence-corrected chi connectivity index (χ4v) is 2.00. The standard InChI is InChI=1S/C7H10N2O4S2.Na/c1-2-13-6(10)3-5-4-14-7(8-5)9-15(11)12;/h4H,2-3H2,1H3,(H,8,9)(H,11,12);/p-1. The number of esters is 1. The van der Waals surface area contributed by atoms with E-state index in [0.29, 0.717) is 12.3 Å². The smallest absolute Gasteiger partial charge is 0.311 e. The molecule has 1 rings (SSSR count). The summed E-state index contributed by atoms with van der Waals surface area (Å²) in [5, 5.41) is 1.84. The molecular weight excluding hydrogens is 263 g/mol. The van der Waals surface area contributed by atoms with Crippen LogP contribution < -0.4 is 4.72 Å². The fourth-order valence-electron chi connectivity index (χ4n) is 0.866. The zero-order valence-electron chi connectivity index (χ0n) is 8.89. The normalized spacial score (nSPS) is 11.4. The molecule has 1 unspecified atom stereocenters. The molecule has 85 valence electrons. The number of thiazole rings is 1. The first-order valence-electron chi connectivity index (χ1n) is 4.07. The molecule has 0 amide bonds. The number of rotatable bonds is 5. The molecule has 6 nitrogen and oxygen atoms in total. The SMILES string of the molecule is CCOC(=O)Cc1csc(NS(=O)[O-])n1.[Na]. The molecule has 0 bridgehead atoms. The van der Waals surface area contributed by atoms with E-state index in [1.54, 1.807) is 12.3 Å². The molecule has 1 aromatic rings. The average Bonchev–Trinajstić information content (AvgIpc) is 2.51. The third-order valence-corrected chi connectivity index (χ3v) is 2.65. The molecule has 0 fully saturated rings. The van der Waals surface area contributed by atoms with E-state index in [1.807, 2.05) is 0 Å². The van der Waals surface area contributed by atoms with Crippen molar-refractivity contribution >= 4 is 63.3 Å². The monoisotopic (exact) mass is 272 g/mol. The molecule has 1 aromatic heterocycles. The molecule has 1 N–H and O–H groups in total. The van der Waals surface area contributed by atoms with Crippen LogP contribution in [0.3, 0.4) is 0 Å². The van der Waals surface area contributed by atoms with Crippen molar-refractivity contribution < 1.29 is 18.3 Å². The Morgan fingerprint density at radius 3 is 3.00 bits per heavy atom. The topological polar surface area (TPSA) is 91.3 Å². The van der Waals surface area contributed by atoms with Gasteiger partial charge in [0.15, 0.2) is 5.13 Å². The molecule has 1 heterocycles. The van der Waals surface area contributed by atoms with E-state index < -0.39 is 11.3 Å². The first-order chi connectivity index (χ1) is 7.11. The van der Waals surface area contributed by atoms with Gasteiger partial charge >= 0.3 is 5.97 Å². The van der Waals surface area contributed by atoms with E-state index >= 15 is 0 Å². The second-order valence-electron chi connectivity index (χ2n) is 2.46. The second-order valence-corrected chi connectivity index (χ2v) is 3.99. The van der Waals surface area contributed by atoms with E-state index in [-0.39, 0.29) is 47.1 Å². The van der Waals surface area contributed by atoms with E-state index in [2.05, 4.69) is 9.71 Å².